The number of hydrogen-bond acceptors (Lipinski definition) is 4. The van der Waals surface area contributed by atoms with E-state index in [1.54, 1.807) is 18.2 Å². The summed E-state index contributed by atoms with van der Waals surface area (Å²) < 4.78 is 5.11. The average molecular weight is 303 g/mol. The molecule has 4 N–H and O–H groups in total. The molecule has 1 aromatic rings. The van der Waals surface area contributed by atoms with E-state index in [0.29, 0.717) is 16.3 Å². The van der Waals surface area contributed by atoms with E-state index in [1.807, 2.05) is 0 Å². The number of benzene rings is 1. The van der Waals surface area contributed by atoms with E-state index in [2.05, 4.69) is 10.6 Å². The van der Waals surface area contributed by atoms with Gasteiger partial charge in [-0.15, -0.1) is 0 Å². The quantitative estimate of drug-likeness (QED) is 0.615. The van der Waals surface area contributed by atoms with Gasteiger partial charge in [0.15, 0.2) is 6.04 Å². The zero-order chi connectivity index (χ0) is 15.1. The van der Waals surface area contributed by atoms with Crippen molar-refractivity contribution in [3.63, 3.8) is 0 Å². The summed E-state index contributed by atoms with van der Waals surface area (Å²) in [6.07, 6.45) is 0. The Balaban J connectivity index is 2.63. The Bertz CT molecular complexity index is 495. The number of amides is 2. The Morgan fingerprint density at radius 1 is 1.45 bits per heavy atom. The van der Waals surface area contributed by atoms with E-state index >= 15 is 0 Å². The van der Waals surface area contributed by atoms with Gasteiger partial charge < -0.3 is 25.6 Å². The summed E-state index contributed by atoms with van der Waals surface area (Å²) in [6.45, 7) is -0.634. The lowest BCUT2D eigenvalue weighted by Crippen LogP contribution is -2.47. The Hall–Kier alpha value is -1.99. The number of hydrogen-bond donors (Lipinski definition) is 4. The highest BCUT2D eigenvalue weighted by Gasteiger charge is 2.18. The maximum Gasteiger partial charge on any atom is 0.328 e. The van der Waals surface area contributed by atoms with E-state index in [1.165, 1.54) is 7.11 Å². The third kappa shape index (κ3) is 4.29. The van der Waals surface area contributed by atoms with E-state index in [9.17, 15) is 9.59 Å². The standard InChI is InChI=1S/C12H15ClN2O5/c1-20-10-4-2-3-8(13)7(10)5-14-12(19)15-9(6-16)11(17)18/h2-4,9,16H,5-6H2,1H3,(H,17,18)(H2,14,15,19)/t9-/m1/s1. The van der Waals surface area contributed by atoms with Crippen molar-refractivity contribution in [3.05, 3.63) is 28.8 Å². The van der Waals surface area contributed by atoms with Crippen LogP contribution in [0.3, 0.4) is 0 Å². The molecule has 0 saturated heterocycles. The number of aliphatic carboxylic acids is 1. The average Bonchev–Trinajstić information content (AvgIpc) is 2.42. The predicted molar refractivity (Wildman–Crippen MR) is 71.9 cm³/mol. The van der Waals surface area contributed by atoms with Crippen LogP contribution in [0.2, 0.25) is 5.02 Å². The van der Waals surface area contributed by atoms with E-state index in [0.717, 1.165) is 0 Å². The van der Waals surface area contributed by atoms with Gasteiger partial charge in [-0.2, -0.15) is 0 Å². The zero-order valence-electron chi connectivity index (χ0n) is 10.7. The highest BCUT2D eigenvalue weighted by molar-refractivity contribution is 6.31. The zero-order valence-corrected chi connectivity index (χ0v) is 11.5. The molecular formula is C12H15ClN2O5. The van der Waals surface area contributed by atoms with Crippen LogP contribution in [-0.4, -0.2) is 42.0 Å². The maximum absolute atomic E-state index is 11.5. The molecule has 0 fully saturated rings. The van der Waals surface area contributed by atoms with Crippen molar-refractivity contribution in [2.45, 2.75) is 12.6 Å². The van der Waals surface area contributed by atoms with Crippen LogP contribution < -0.4 is 15.4 Å². The molecule has 0 heterocycles. The molecule has 1 aromatic carbocycles. The molecule has 0 saturated carbocycles. The SMILES string of the molecule is COc1cccc(Cl)c1CNC(=O)N[C@H](CO)C(=O)O. The van der Waals surface area contributed by atoms with Crippen molar-refractivity contribution >= 4 is 23.6 Å². The van der Waals surface area contributed by atoms with Gasteiger partial charge in [0.25, 0.3) is 0 Å². The number of carboxylic acid groups (broad SMARTS) is 1. The summed E-state index contributed by atoms with van der Waals surface area (Å²) in [5.74, 6) is -0.812. The first kappa shape index (κ1) is 16.1. The second-order valence-corrected chi connectivity index (χ2v) is 4.23. The van der Waals surface area contributed by atoms with Crippen LogP contribution in [-0.2, 0) is 11.3 Å². The van der Waals surface area contributed by atoms with Gasteiger partial charge in [-0.3, -0.25) is 0 Å². The number of aliphatic hydroxyl groups excluding tert-OH is 1. The number of halogens is 1. The molecule has 0 aromatic heterocycles. The van der Waals surface area contributed by atoms with Crippen LogP contribution in [0.4, 0.5) is 4.79 Å². The van der Waals surface area contributed by atoms with Crippen molar-refractivity contribution in [2.75, 3.05) is 13.7 Å². The van der Waals surface area contributed by atoms with Gasteiger partial charge in [0, 0.05) is 17.1 Å². The van der Waals surface area contributed by atoms with Crippen molar-refractivity contribution in [1.29, 1.82) is 0 Å². The normalized spacial score (nSPS) is 11.6. The number of carboxylic acids is 1. The summed E-state index contributed by atoms with van der Waals surface area (Å²) in [6, 6.07) is 2.95. The fourth-order valence-electron chi connectivity index (χ4n) is 1.47. The monoisotopic (exact) mass is 302 g/mol. The summed E-state index contributed by atoms with van der Waals surface area (Å²) in [5.41, 5.74) is 0.572. The first-order valence-electron chi connectivity index (χ1n) is 5.69. The van der Waals surface area contributed by atoms with Crippen molar-refractivity contribution < 1.29 is 24.5 Å². The molecule has 0 aliphatic carbocycles. The molecule has 0 aliphatic heterocycles. The molecule has 0 radical (unpaired) electrons. The van der Waals surface area contributed by atoms with Crippen molar-refractivity contribution in [2.24, 2.45) is 0 Å². The molecule has 7 nitrogen and oxygen atoms in total. The van der Waals surface area contributed by atoms with Gasteiger partial charge in [0.2, 0.25) is 0 Å². The Morgan fingerprint density at radius 3 is 2.70 bits per heavy atom. The topological polar surface area (TPSA) is 108 Å². The number of aliphatic hydroxyl groups is 1. The lowest BCUT2D eigenvalue weighted by Gasteiger charge is -2.14. The smallest absolute Gasteiger partial charge is 0.328 e. The fraction of sp³-hybridized carbons (Fsp3) is 0.333. The van der Waals surface area contributed by atoms with Gasteiger partial charge >= 0.3 is 12.0 Å². The second kappa shape index (κ2) is 7.56. The molecule has 0 spiro atoms. The molecule has 8 heteroatoms. The summed E-state index contributed by atoms with van der Waals surface area (Å²) in [7, 11) is 1.47. The second-order valence-electron chi connectivity index (χ2n) is 3.82. The molecule has 1 atom stereocenters. The number of carbonyl (C=O) groups is 2. The summed E-state index contributed by atoms with van der Waals surface area (Å²) in [5, 5.41) is 22.5. The van der Waals surface area contributed by atoms with Gasteiger partial charge in [-0.25, -0.2) is 9.59 Å². The highest BCUT2D eigenvalue weighted by Crippen LogP contribution is 2.25. The van der Waals surface area contributed by atoms with Crippen molar-refractivity contribution in [1.82, 2.24) is 10.6 Å². The molecule has 0 unspecified atom stereocenters. The van der Waals surface area contributed by atoms with Gasteiger partial charge in [0.05, 0.1) is 13.7 Å². The van der Waals surface area contributed by atoms with Crippen LogP contribution in [0.5, 0.6) is 5.75 Å². The molecule has 110 valence electrons. The Morgan fingerprint density at radius 2 is 2.15 bits per heavy atom. The lowest BCUT2D eigenvalue weighted by atomic mass is 10.2. The fourth-order valence-corrected chi connectivity index (χ4v) is 1.70. The summed E-state index contributed by atoms with van der Waals surface area (Å²) in [4.78, 5) is 22.2. The third-order valence-corrected chi connectivity index (χ3v) is 2.86. The van der Waals surface area contributed by atoms with Crippen LogP contribution in [0.15, 0.2) is 18.2 Å². The van der Waals surface area contributed by atoms with Gasteiger partial charge in [-0.1, -0.05) is 17.7 Å². The number of nitrogens with one attached hydrogen (secondary N) is 2. The number of rotatable bonds is 6. The Labute approximate surface area is 120 Å². The van der Waals surface area contributed by atoms with Crippen LogP contribution in [0.1, 0.15) is 5.56 Å². The van der Waals surface area contributed by atoms with Gasteiger partial charge in [-0.05, 0) is 12.1 Å². The molecular weight excluding hydrogens is 288 g/mol. The van der Waals surface area contributed by atoms with Crippen molar-refractivity contribution in [3.8, 4) is 5.75 Å². The minimum absolute atomic E-state index is 0.0620. The van der Waals surface area contributed by atoms with Gasteiger partial charge in [0.1, 0.15) is 5.75 Å². The third-order valence-electron chi connectivity index (χ3n) is 2.51. The van der Waals surface area contributed by atoms with E-state index in [4.69, 9.17) is 26.6 Å². The van der Waals surface area contributed by atoms with E-state index < -0.39 is 24.6 Å². The molecule has 2 amide bonds. The van der Waals surface area contributed by atoms with E-state index in [-0.39, 0.29) is 6.54 Å². The van der Waals surface area contributed by atoms with Crippen LogP contribution in [0.25, 0.3) is 0 Å². The number of ether oxygens (including phenoxy) is 1. The first-order valence-corrected chi connectivity index (χ1v) is 6.06. The molecule has 20 heavy (non-hydrogen) atoms. The maximum atomic E-state index is 11.5. The number of urea groups is 1. The van der Waals surface area contributed by atoms with Crippen LogP contribution >= 0.6 is 11.6 Å². The minimum Gasteiger partial charge on any atom is -0.496 e. The van der Waals surface area contributed by atoms with Crippen LogP contribution in [0, 0.1) is 0 Å². The largest absolute Gasteiger partial charge is 0.496 e. The minimum atomic E-state index is -1.36. The number of methoxy groups -OCH3 is 1. The summed E-state index contributed by atoms with van der Waals surface area (Å²) >= 11 is 5.99. The highest BCUT2D eigenvalue weighted by atomic mass is 35.5. The molecule has 0 aliphatic rings. The number of carbonyl (C=O) groups excluding carboxylic acids is 1. The molecule has 1 rings (SSSR count). The molecule has 0 bridgehead atoms. The predicted octanol–water partition coefficient (Wildman–Crippen LogP) is 0.593. The Kier molecular flexibility index (Phi) is 6.08. The lowest BCUT2D eigenvalue weighted by molar-refractivity contribution is -0.140. The first-order chi connectivity index (χ1) is 9.49.